The van der Waals surface area contributed by atoms with E-state index in [2.05, 4.69) is 0 Å². The van der Waals surface area contributed by atoms with Crippen LogP contribution in [0.5, 0.6) is 0 Å². The summed E-state index contributed by atoms with van der Waals surface area (Å²) in [5.41, 5.74) is -8.06. The van der Waals surface area contributed by atoms with Gasteiger partial charge in [0.1, 0.15) is 0 Å². The molecule has 0 radical (unpaired) electrons. The summed E-state index contributed by atoms with van der Waals surface area (Å²) in [4.78, 5) is 17.7. The minimum atomic E-state index is -5.55. The molecule has 1 aromatic rings. The predicted octanol–water partition coefficient (Wildman–Crippen LogP) is 3.54. The van der Waals surface area contributed by atoms with Crippen molar-refractivity contribution in [1.29, 1.82) is 0 Å². The molecule has 1 rings (SSSR count). The highest BCUT2D eigenvalue weighted by atomic mass is 19.4. The van der Waals surface area contributed by atoms with Crippen molar-refractivity contribution in [2.75, 3.05) is 0 Å². The van der Waals surface area contributed by atoms with Crippen LogP contribution in [0.3, 0.4) is 0 Å². The Labute approximate surface area is 104 Å². The van der Waals surface area contributed by atoms with Crippen molar-refractivity contribution in [3.8, 4) is 0 Å². The summed E-state index contributed by atoms with van der Waals surface area (Å²) in [6.07, 6.45) is -11.1. The number of hydrogen-bond donors (Lipinski definition) is 0. The van der Waals surface area contributed by atoms with Crippen LogP contribution in [0.15, 0.2) is 12.1 Å². The van der Waals surface area contributed by atoms with Crippen molar-refractivity contribution in [3.63, 3.8) is 0 Å². The largest absolute Gasteiger partial charge is 0.417 e. The molecule has 0 spiro atoms. The molecular formula is C8H2F6N2O4. The standard InChI is InChI=1S/C8H2F6N2O4/c9-7(10,11)3-1-5(15(17)18)6(16(19)20)2-4(3)8(12,13)14/h1-2H. The van der Waals surface area contributed by atoms with Crippen LogP contribution in [0.25, 0.3) is 0 Å². The minimum Gasteiger partial charge on any atom is -0.258 e. The van der Waals surface area contributed by atoms with Gasteiger partial charge in [-0.25, -0.2) is 0 Å². The zero-order valence-electron chi connectivity index (χ0n) is 8.95. The highest BCUT2D eigenvalue weighted by Gasteiger charge is 2.46. The van der Waals surface area contributed by atoms with Crippen molar-refractivity contribution in [2.24, 2.45) is 0 Å². The van der Waals surface area contributed by atoms with Gasteiger partial charge in [-0.3, -0.25) is 20.2 Å². The van der Waals surface area contributed by atoms with Gasteiger partial charge in [0.25, 0.3) is 0 Å². The van der Waals surface area contributed by atoms with Gasteiger partial charge in [-0.1, -0.05) is 0 Å². The summed E-state index contributed by atoms with van der Waals surface area (Å²) in [7, 11) is 0. The molecule has 0 saturated heterocycles. The van der Waals surface area contributed by atoms with E-state index in [0.29, 0.717) is 0 Å². The maximum Gasteiger partial charge on any atom is 0.417 e. The fourth-order valence-electron chi connectivity index (χ4n) is 1.34. The molecule has 0 aliphatic rings. The Hall–Kier alpha value is -2.40. The number of nitro benzene ring substituents is 2. The molecule has 0 N–H and O–H groups in total. The SMILES string of the molecule is O=[N+]([O-])c1cc(C(F)(F)F)c(C(F)(F)F)cc1[N+](=O)[O-]. The number of hydrogen-bond acceptors (Lipinski definition) is 4. The molecule has 0 unspecified atom stereocenters. The third kappa shape index (κ3) is 2.95. The van der Waals surface area contributed by atoms with Crippen molar-refractivity contribution < 1.29 is 36.2 Å². The van der Waals surface area contributed by atoms with Crippen LogP contribution in [0.1, 0.15) is 11.1 Å². The Kier molecular flexibility index (Phi) is 3.61. The normalized spacial score (nSPS) is 12.3. The van der Waals surface area contributed by atoms with Gasteiger partial charge in [-0.15, -0.1) is 0 Å². The fourth-order valence-corrected chi connectivity index (χ4v) is 1.34. The van der Waals surface area contributed by atoms with Crippen molar-refractivity contribution >= 4 is 11.4 Å². The fraction of sp³-hybridized carbons (Fsp3) is 0.250. The quantitative estimate of drug-likeness (QED) is 0.475. The Bertz CT molecular complexity index is 529. The van der Waals surface area contributed by atoms with Crippen LogP contribution in [-0.4, -0.2) is 9.85 Å². The molecule has 1 aromatic carbocycles. The molecular weight excluding hydrogens is 302 g/mol. The third-order valence-electron chi connectivity index (χ3n) is 2.12. The molecule has 0 aromatic heterocycles. The van der Waals surface area contributed by atoms with E-state index in [0.717, 1.165) is 0 Å². The van der Waals surface area contributed by atoms with Gasteiger partial charge in [0.05, 0.1) is 21.0 Å². The lowest BCUT2D eigenvalue weighted by atomic mass is 10.0. The summed E-state index contributed by atoms with van der Waals surface area (Å²) in [6.45, 7) is 0. The van der Waals surface area contributed by atoms with E-state index in [1.165, 1.54) is 0 Å². The van der Waals surface area contributed by atoms with E-state index in [4.69, 9.17) is 0 Å². The molecule has 0 amide bonds. The number of alkyl halides is 6. The molecule has 110 valence electrons. The number of benzene rings is 1. The van der Waals surface area contributed by atoms with Crippen LogP contribution in [0.4, 0.5) is 37.7 Å². The van der Waals surface area contributed by atoms with E-state index < -0.39 is 56.8 Å². The lowest BCUT2D eigenvalue weighted by Crippen LogP contribution is -2.17. The molecule has 0 saturated carbocycles. The van der Waals surface area contributed by atoms with Gasteiger partial charge in [-0.05, 0) is 0 Å². The monoisotopic (exact) mass is 304 g/mol. The second-order valence-electron chi connectivity index (χ2n) is 3.40. The first-order chi connectivity index (χ1) is 8.85. The second-order valence-corrected chi connectivity index (χ2v) is 3.40. The first-order valence-electron chi connectivity index (χ1n) is 4.47. The number of nitro groups is 2. The third-order valence-corrected chi connectivity index (χ3v) is 2.12. The van der Waals surface area contributed by atoms with E-state index in [1.54, 1.807) is 0 Å². The van der Waals surface area contributed by atoms with Gasteiger partial charge in [0.2, 0.25) is 0 Å². The van der Waals surface area contributed by atoms with Gasteiger partial charge in [-0.2, -0.15) is 26.3 Å². The number of halogens is 6. The Morgan fingerprint density at radius 3 is 1.15 bits per heavy atom. The number of rotatable bonds is 2. The highest BCUT2D eigenvalue weighted by Crippen LogP contribution is 2.44. The minimum absolute atomic E-state index is 0.499. The first kappa shape index (κ1) is 15.7. The molecule has 0 aliphatic carbocycles. The molecule has 20 heavy (non-hydrogen) atoms. The number of nitrogens with zero attached hydrogens (tertiary/aromatic N) is 2. The van der Waals surface area contributed by atoms with Crippen molar-refractivity contribution in [2.45, 2.75) is 12.4 Å². The smallest absolute Gasteiger partial charge is 0.258 e. The van der Waals surface area contributed by atoms with Crippen LogP contribution in [-0.2, 0) is 12.4 Å². The Morgan fingerprint density at radius 1 is 0.750 bits per heavy atom. The van der Waals surface area contributed by atoms with Crippen molar-refractivity contribution in [1.82, 2.24) is 0 Å². The molecule has 0 aliphatic heterocycles. The van der Waals surface area contributed by atoms with Crippen LogP contribution >= 0.6 is 0 Å². The van der Waals surface area contributed by atoms with Gasteiger partial charge in [0.15, 0.2) is 0 Å². The molecule has 0 bridgehead atoms. The first-order valence-corrected chi connectivity index (χ1v) is 4.47. The summed E-state index contributed by atoms with van der Waals surface area (Å²) in [5.74, 6) is 0. The zero-order chi connectivity index (χ0) is 15.9. The van der Waals surface area contributed by atoms with Gasteiger partial charge >= 0.3 is 23.7 Å². The second kappa shape index (κ2) is 4.61. The lowest BCUT2D eigenvalue weighted by Gasteiger charge is -2.14. The van der Waals surface area contributed by atoms with Crippen LogP contribution < -0.4 is 0 Å². The van der Waals surface area contributed by atoms with E-state index in [9.17, 15) is 46.6 Å². The van der Waals surface area contributed by atoms with Crippen LogP contribution in [0, 0.1) is 20.2 Å². The average Bonchev–Trinajstić information content (AvgIpc) is 2.24. The zero-order valence-corrected chi connectivity index (χ0v) is 8.95. The van der Waals surface area contributed by atoms with E-state index in [-0.39, 0.29) is 0 Å². The lowest BCUT2D eigenvalue weighted by molar-refractivity contribution is -0.422. The average molecular weight is 304 g/mol. The van der Waals surface area contributed by atoms with Gasteiger partial charge < -0.3 is 0 Å². The summed E-state index contributed by atoms with van der Waals surface area (Å²) in [5, 5.41) is 20.8. The van der Waals surface area contributed by atoms with E-state index in [1.807, 2.05) is 0 Å². The maximum absolute atomic E-state index is 12.5. The predicted molar refractivity (Wildman–Crippen MR) is 49.8 cm³/mol. The molecule has 0 heterocycles. The Morgan fingerprint density at radius 2 is 1.00 bits per heavy atom. The Balaban J connectivity index is 3.80. The summed E-state index contributed by atoms with van der Waals surface area (Å²) in [6, 6.07) is -0.998. The van der Waals surface area contributed by atoms with Crippen molar-refractivity contribution in [3.05, 3.63) is 43.5 Å². The summed E-state index contributed by atoms with van der Waals surface area (Å²) >= 11 is 0. The maximum atomic E-state index is 12.5. The van der Waals surface area contributed by atoms with Gasteiger partial charge in [0, 0.05) is 12.1 Å². The molecule has 0 fully saturated rings. The topological polar surface area (TPSA) is 86.3 Å². The summed E-state index contributed by atoms with van der Waals surface area (Å²) < 4.78 is 74.8. The molecule has 6 nitrogen and oxygen atoms in total. The van der Waals surface area contributed by atoms with E-state index >= 15 is 0 Å². The molecule has 0 atom stereocenters. The molecule has 12 heteroatoms. The highest BCUT2D eigenvalue weighted by molar-refractivity contribution is 5.58. The van der Waals surface area contributed by atoms with Crippen LogP contribution in [0.2, 0.25) is 0 Å².